The molecule has 3 aromatic rings. The van der Waals surface area contributed by atoms with Crippen LogP contribution >= 0.6 is 0 Å². The lowest BCUT2D eigenvalue weighted by Gasteiger charge is -2.12. The van der Waals surface area contributed by atoms with Crippen molar-refractivity contribution < 1.29 is 9.13 Å². The summed E-state index contributed by atoms with van der Waals surface area (Å²) >= 11 is 0. The standard InChI is InChI=1S/C18H22FN7O/c1-11-7-16(21-3)24-18(22-11)23-13-5-6-15(27-4)14(8-13)26-10-12(9-20-2)17(19)25-26/h5-8,10,20H,9H2,1-4H3,(H2,21,22,23,24). The van der Waals surface area contributed by atoms with Crippen molar-refractivity contribution in [3.63, 3.8) is 0 Å². The number of hydrogen-bond acceptors (Lipinski definition) is 7. The molecule has 0 radical (unpaired) electrons. The van der Waals surface area contributed by atoms with E-state index in [4.69, 9.17) is 4.74 Å². The van der Waals surface area contributed by atoms with Gasteiger partial charge in [0, 0.05) is 42.8 Å². The molecule has 9 heteroatoms. The molecule has 0 spiro atoms. The van der Waals surface area contributed by atoms with E-state index in [2.05, 4.69) is 31.0 Å². The highest BCUT2D eigenvalue weighted by atomic mass is 19.1. The second kappa shape index (κ2) is 8.00. The molecule has 2 aromatic heterocycles. The maximum atomic E-state index is 14.0. The van der Waals surface area contributed by atoms with Gasteiger partial charge >= 0.3 is 0 Å². The summed E-state index contributed by atoms with van der Waals surface area (Å²) in [4.78, 5) is 8.76. The van der Waals surface area contributed by atoms with E-state index < -0.39 is 5.95 Å². The predicted octanol–water partition coefficient (Wildman–Crippen LogP) is 2.62. The predicted molar refractivity (Wildman–Crippen MR) is 102 cm³/mol. The molecule has 0 fully saturated rings. The number of benzene rings is 1. The zero-order valence-electron chi connectivity index (χ0n) is 15.7. The van der Waals surface area contributed by atoms with E-state index >= 15 is 0 Å². The molecule has 142 valence electrons. The van der Waals surface area contributed by atoms with Crippen LogP contribution in [0.15, 0.2) is 30.5 Å². The van der Waals surface area contributed by atoms with Crippen molar-refractivity contribution in [3.8, 4) is 11.4 Å². The molecular weight excluding hydrogens is 349 g/mol. The highest BCUT2D eigenvalue weighted by Gasteiger charge is 2.13. The molecular formula is C18H22FN7O. The number of aryl methyl sites for hydroxylation is 1. The van der Waals surface area contributed by atoms with Crippen LogP contribution in [0.1, 0.15) is 11.3 Å². The molecule has 0 aliphatic rings. The van der Waals surface area contributed by atoms with Gasteiger partial charge in [0.15, 0.2) is 0 Å². The summed E-state index contributed by atoms with van der Waals surface area (Å²) in [5, 5.41) is 13.0. The fraction of sp³-hybridized carbons (Fsp3) is 0.278. The third kappa shape index (κ3) is 4.14. The summed E-state index contributed by atoms with van der Waals surface area (Å²) in [7, 11) is 5.11. The SMILES string of the molecule is CNCc1cn(-c2cc(Nc3nc(C)cc(NC)n3)ccc2OC)nc1F. The highest BCUT2D eigenvalue weighted by molar-refractivity contribution is 5.63. The van der Waals surface area contributed by atoms with Crippen molar-refractivity contribution in [1.29, 1.82) is 0 Å². The summed E-state index contributed by atoms with van der Waals surface area (Å²) in [5.74, 6) is 1.22. The van der Waals surface area contributed by atoms with E-state index in [1.54, 1.807) is 39.5 Å². The molecule has 1 aromatic carbocycles. The maximum absolute atomic E-state index is 14.0. The molecule has 0 bridgehead atoms. The van der Waals surface area contributed by atoms with Crippen LogP contribution in [0.3, 0.4) is 0 Å². The summed E-state index contributed by atoms with van der Waals surface area (Å²) in [6.07, 6.45) is 1.63. The fourth-order valence-electron chi connectivity index (χ4n) is 2.65. The van der Waals surface area contributed by atoms with Crippen LogP contribution in [0.5, 0.6) is 5.75 Å². The van der Waals surface area contributed by atoms with Crippen LogP contribution in [-0.2, 0) is 6.54 Å². The number of nitrogens with one attached hydrogen (secondary N) is 3. The van der Waals surface area contributed by atoms with Gasteiger partial charge in [0.1, 0.15) is 17.3 Å². The van der Waals surface area contributed by atoms with E-state index in [0.29, 0.717) is 35.3 Å². The molecule has 0 atom stereocenters. The molecule has 3 rings (SSSR count). The van der Waals surface area contributed by atoms with Gasteiger partial charge in [-0.1, -0.05) is 0 Å². The van der Waals surface area contributed by atoms with Crippen molar-refractivity contribution in [3.05, 3.63) is 47.7 Å². The van der Waals surface area contributed by atoms with Gasteiger partial charge in [0.05, 0.1) is 7.11 Å². The smallest absolute Gasteiger partial charge is 0.237 e. The number of methoxy groups -OCH3 is 1. The molecule has 8 nitrogen and oxygen atoms in total. The molecule has 0 saturated heterocycles. The van der Waals surface area contributed by atoms with Crippen molar-refractivity contribution in [2.45, 2.75) is 13.5 Å². The normalized spacial score (nSPS) is 10.7. The van der Waals surface area contributed by atoms with Crippen molar-refractivity contribution in [2.75, 3.05) is 31.8 Å². The summed E-state index contributed by atoms with van der Waals surface area (Å²) in [6.45, 7) is 2.28. The minimum Gasteiger partial charge on any atom is -0.494 e. The number of rotatable bonds is 7. The quantitative estimate of drug-likeness (QED) is 0.588. The zero-order chi connectivity index (χ0) is 19.4. The first-order valence-electron chi connectivity index (χ1n) is 8.41. The van der Waals surface area contributed by atoms with Gasteiger partial charge in [-0.05, 0) is 32.2 Å². The van der Waals surface area contributed by atoms with Crippen molar-refractivity contribution in [2.24, 2.45) is 0 Å². The summed E-state index contributed by atoms with van der Waals surface area (Å²) in [6, 6.07) is 7.27. The number of aromatic nitrogens is 4. The Morgan fingerprint density at radius 1 is 1.19 bits per heavy atom. The summed E-state index contributed by atoms with van der Waals surface area (Å²) in [5.41, 5.74) is 2.63. The number of halogens is 1. The van der Waals surface area contributed by atoms with Gasteiger partial charge in [-0.2, -0.15) is 9.37 Å². The van der Waals surface area contributed by atoms with E-state index in [-0.39, 0.29) is 0 Å². The van der Waals surface area contributed by atoms with Crippen molar-refractivity contribution in [1.82, 2.24) is 25.1 Å². The first kappa shape index (κ1) is 18.6. The fourth-order valence-corrected chi connectivity index (χ4v) is 2.65. The molecule has 2 heterocycles. The lowest BCUT2D eigenvalue weighted by atomic mass is 10.2. The van der Waals surface area contributed by atoms with Crippen LogP contribution in [0.2, 0.25) is 0 Å². The highest BCUT2D eigenvalue weighted by Crippen LogP contribution is 2.28. The van der Waals surface area contributed by atoms with Crippen LogP contribution in [0.4, 0.5) is 21.8 Å². The third-order valence-electron chi connectivity index (χ3n) is 3.90. The Labute approximate surface area is 156 Å². The van der Waals surface area contributed by atoms with Gasteiger partial charge in [-0.15, -0.1) is 5.10 Å². The Morgan fingerprint density at radius 2 is 2.00 bits per heavy atom. The van der Waals surface area contributed by atoms with Gasteiger partial charge < -0.3 is 20.7 Å². The second-order valence-electron chi connectivity index (χ2n) is 5.90. The van der Waals surface area contributed by atoms with Crippen LogP contribution in [0.25, 0.3) is 5.69 Å². The van der Waals surface area contributed by atoms with E-state index in [9.17, 15) is 4.39 Å². The lowest BCUT2D eigenvalue weighted by molar-refractivity contribution is 0.411. The van der Waals surface area contributed by atoms with E-state index in [0.717, 1.165) is 11.4 Å². The Kier molecular flexibility index (Phi) is 5.51. The average molecular weight is 371 g/mol. The van der Waals surface area contributed by atoms with Crippen LogP contribution < -0.4 is 20.7 Å². The number of nitrogens with zero attached hydrogens (tertiary/aromatic N) is 4. The molecule has 0 unspecified atom stereocenters. The first-order chi connectivity index (χ1) is 13.0. The monoisotopic (exact) mass is 371 g/mol. The minimum absolute atomic E-state index is 0.385. The van der Waals surface area contributed by atoms with Crippen molar-refractivity contribution >= 4 is 17.5 Å². The van der Waals surface area contributed by atoms with E-state index in [1.165, 1.54) is 4.68 Å². The Hall–Kier alpha value is -3.20. The molecule has 0 aliphatic carbocycles. The van der Waals surface area contributed by atoms with Gasteiger partial charge in [0.2, 0.25) is 11.9 Å². The van der Waals surface area contributed by atoms with Gasteiger partial charge in [-0.3, -0.25) is 0 Å². The Balaban J connectivity index is 1.96. The van der Waals surface area contributed by atoms with Gasteiger partial charge in [0.25, 0.3) is 0 Å². The van der Waals surface area contributed by atoms with Gasteiger partial charge in [-0.25, -0.2) is 9.67 Å². The Bertz CT molecular complexity index is 941. The number of ether oxygens (including phenoxy) is 1. The summed E-state index contributed by atoms with van der Waals surface area (Å²) < 4.78 is 20.9. The van der Waals surface area contributed by atoms with Crippen LogP contribution in [-0.4, -0.2) is 41.0 Å². The lowest BCUT2D eigenvalue weighted by Crippen LogP contribution is -2.05. The zero-order valence-corrected chi connectivity index (χ0v) is 15.7. The molecule has 3 N–H and O–H groups in total. The van der Waals surface area contributed by atoms with Crippen LogP contribution in [0, 0.1) is 12.9 Å². The number of anilines is 3. The molecule has 27 heavy (non-hydrogen) atoms. The second-order valence-corrected chi connectivity index (χ2v) is 5.90. The molecule has 0 saturated carbocycles. The van der Waals surface area contributed by atoms with E-state index in [1.807, 2.05) is 19.1 Å². The first-order valence-corrected chi connectivity index (χ1v) is 8.41. The third-order valence-corrected chi connectivity index (χ3v) is 3.90. The number of hydrogen-bond donors (Lipinski definition) is 3. The maximum Gasteiger partial charge on any atom is 0.237 e. The molecule has 0 aliphatic heterocycles. The topological polar surface area (TPSA) is 88.9 Å². The largest absolute Gasteiger partial charge is 0.494 e. The average Bonchev–Trinajstić information content (AvgIpc) is 3.02. The minimum atomic E-state index is -0.523. The molecule has 0 amide bonds. The Morgan fingerprint density at radius 3 is 2.70 bits per heavy atom.